The smallest absolute Gasteiger partial charge is 0.416 e. The Morgan fingerprint density at radius 3 is 2.35 bits per heavy atom. The molecule has 0 aliphatic heterocycles. The highest BCUT2D eigenvalue weighted by atomic mass is 32.2. The van der Waals surface area contributed by atoms with Gasteiger partial charge in [-0.15, -0.1) is 0 Å². The lowest BCUT2D eigenvalue weighted by molar-refractivity contribution is -0.138. The Bertz CT molecular complexity index is 892. The minimum Gasteiger partial charge on any atom is -0.480 e. The number of carboxylic acids is 1. The van der Waals surface area contributed by atoms with Gasteiger partial charge in [0.15, 0.2) is 0 Å². The van der Waals surface area contributed by atoms with Crippen LogP contribution in [0.4, 0.5) is 18.9 Å². The SMILES string of the molecule is Cc1ccc(NS(=O)Cc2ccc(C(F)(F)F)cc2)c(=O)n1CC(=O)O. The molecule has 0 amide bonds. The molecule has 140 valence electrons. The van der Waals surface area contributed by atoms with Crippen LogP contribution in [0.15, 0.2) is 41.2 Å². The molecule has 0 aliphatic carbocycles. The maximum absolute atomic E-state index is 12.5. The zero-order valence-corrected chi connectivity index (χ0v) is 14.4. The van der Waals surface area contributed by atoms with E-state index < -0.39 is 40.8 Å². The van der Waals surface area contributed by atoms with Gasteiger partial charge in [-0.3, -0.25) is 18.9 Å². The predicted molar refractivity (Wildman–Crippen MR) is 90.0 cm³/mol. The van der Waals surface area contributed by atoms with E-state index in [-0.39, 0.29) is 11.4 Å². The third-order valence-electron chi connectivity index (χ3n) is 3.49. The highest BCUT2D eigenvalue weighted by Gasteiger charge is 2.29. The van der Waals surface area contributed by atoms with Crippen molar-refractivity contribution in [2.24, 2.45) is 0 Å². The topological polar surface area (TPSA) is 88.4 Å². The number of alkyl halides is 3. The van der Waals surface area contributed by atoms with Gasteiger partial charge in [-0.1, -0.05) is 12.1 Å². The van der Waals surface area contributed by atoms with E-state index in [0.29, 0.717) is 11.3 Å². The van der Waals surface area contributed by atoms with Crippen LogP contribution < -0.4 is 10.3 Å². The van der Waals surface area contributed by atoms with E-state index in [9.17, 15) is 27.0 Å². The lowest BCUT2D eigenvalue weighted by Crippen LogP contribution is -2.28. The van der Waals surface area contributed by atoms with E-state index in [2.05, 4.69) is 4.72 Å². The zero-order chi connectivity index (χ0) is 19.5. The first-order valence-electron chi connectivity index (χ1n) is 7.31. The molecule has 2 rings (SSSR count). The summed E-state index contributed by atoms with van der Waals surface area (Å²) in [4.78, 5) is 23.1. The van der Waals surface area contributed by atoms with Crippen molar-refractivity contribution < 1.29 is 27.3 Å². The molecular formula is C16H15F3N2O4S. The van der Waals surface area contributed by atoms with Crippen molar-refractivity contribution in [1.29, 1.82) is 0 Å². The number of pyridine rings is 1. The number of rotatable bonds is 6. The monoisotopic (exact) mass is 388 g/mol. The van der Waals surface area contributed by atoms with E-state index in [0.717, 1.165) is 16.7 Å². The summed E-state index contributed by atoms with van der Waals surface area (Å²) in [5.41, 5.74) is -0.691. The summed E-state index contributed by atoms with van der Waals surface area (Å²) >= 11 is 0. The molecule has 26 heavy (non-hydrogen) atoms. The molecule has 0 fully saturated rings. The lowest BCUT2D eigenvalue weighted by Gasteiger charge is -2.11. The molecule has 0 saturated carbocycles. The molecule has 0 saturated heterocycles. The fourth-order valence-corrected chi connectivity index (χ4v) is 3.15. The van der Waals surface area contributed by atoms with E-state index in [1.807, 2.05) is 0 Å². The van der Waals surface area contributed by atoms with Crippen molar-refractivity contribution in [3.05, 3.63) is 63.6 Å². The lowest BCUT2D eigenvalue weighted by atomic mass is 10.1. The molecule has 1 atom stereocenters. The van der Waals surface area contributed by atoms with Crippen LogP contribution in [-0.2, 0) is 34.3 Å². The number of nitrogens with zero attached hydrogens (tertiary/aromatic N) is 1. The maximum atomic E-state index is 12.5. The highest BCUT2D eigenvalue weighted by Crippen LogP contribution is 2.29. The molecule has 1 aromatic heterocycles. The zero-order valence-electron chi connectivity index (χ0n) is 13.5. The number of nitrogens with one attached hydrogen (secondary N) is 1. The van der Waals surface area contributed by atoms with Gasteiger partial charge in [0, 0.05) is 5.69 Å². The number of carbonyl (C=O) groups is 1. The summed E-state index contributed by atoms with van der Waals surface area (Å²) < 4.78 is 53.2. The molecule has 0 radical (unpaired) electrons. The Hall–Kier alpha value is -2.62. The van der Waals surface area contributed by atoms with Gasteiger partial charge in [-0.2, -0.15) is 13.2 Å². The Morgan fingerprint density at radius 2 is 1.81 bits per heavy atom. The first-order valence-corrected chi connectivity index (χ1v) is 8.63. The molecule has 1 aromatic carbocycles. The largest absolute Gasteiger partial charge is 0.480 e. The molecule has 10 heteroatoms. The number of anilines is 1. The van der Waals surface area contributed by atoms with Crippen molar-refractivity contribution in [2.75, 3.05) is 4.72 Å². The Labute approximate surface area is 148 Å². The van der Waals surface area contributed by atoms with Gasteiger partial charge < -0.3 is 5.11 Å². The second kappa shape index (κ2) is 7.73. The molecule has 6 nitrogen and oxygen atoms in total. The molecule has 1 heterocycles. The van der Waals surface area contributed by atoms with Crippen LogP contribution in [0.25, 0.3) is 0 Å². The van der Waals surface area contributed by atoms with Crippen molar-refractivity contribution in [3.8, 4) is 0 Å². The third-order valence-corrected chi connectivity index (χ3v) is 4.53. The van der Waals surface area contributed by atoms with Crippen LogP contribution in [0.5, 0.6) is 0 Å². The number of hydrogen-bond acceptors (Lipinski definition) is 3. The van der Waals surface area contributed by atoms with Gasteiger partial charge >= 0.3 is 12.1 Å². The van der Waals surface area contributed by atoms with Crippen LogP contribution in [0.3, 0.4) is 0 Å². The second-order valence-electron chi connectivity index (χ2n) is 5.46. The molecule has 2 N–H and O–H groups in total. The first-order chi connectivity index (χ1) is 12.1. The fourth-order valence-electron chi connectivity index (χ4n) is 2.18. The average molecular weight is 388 g/mol. The van der Waals surface area contributed by atoms with Gasteiger partial charge in [-0.25, -0.2) is 4.21 Å². The molecule has 0 aliphatic rings. The van der Waals surface area contributed by atoms with Crippen molar-refractivity contribution in [2.45, 2.75) is 25.4 Å². The average Bonchev–Trinajstić information content (AvgIpc) is 2.53. The van der Waals surface area contributed by atoms with Gasteiger partial charge in [0.2, 0.25) is 0 Å². The van der Waals surface area contributed by atoms with Crippen LogP contribution in [-0.4, -0.2) is 19.9 Å². The van der Waals surface area contributed by atoms with E-state index in [1.165, 1.54) is 24.3 Å². The third kappa shape index (κ3) is 4.94. The molecular weight excluding hydrogens is 373 g/mol. The van der Waals surface area contributed by atoms with Crippen LogP contribution >= 0.6 is 0 Å². The van der Waals surface area contributed by atoms with Crippen LogP contribution in [0.2, 0.25) is 0 Å². The van der Waals surface area contributed by atoms with Crippen molar-refractivity contribution in [3.63, 3.8) is 0 Å². The van der Waals surface area contributed by atoms with Gasteiger partial charge in [0.25, 0.3) is 5.56 Å². The molecule has 2 aromatic rings. The summed E-state index contributed by atoms with van der Waals surface area (Å²) in [6.45, 7) is 1.03. The number of aliphatic carboxylic acids is 1. The number of benzene rings is 1. The van der Waals surface area contributed by atoms with E-state index in [1.54, 1.807) is 6.92 Å². The van der Waals surface area contributed by atoms with Gasteiger partial charge in [-0.05, 0) is 36.8 Å². The number of aromatic nitrogens is 1. The summed E-state index contributed by atoms with van der Waals surface area (Å²) in [7, 11) is -1.78. The first kappa shape index (κ1) is 19.7. The summed E-state index contributed by atoms with van der Waals surface area (Å²) in [6.07, 6.45) is -4.45. The quantitative estimate of drug-likeness (QED) is 0.796. The number of hydrogen-bond donors (Lipinski definition) is 2. The minimum atomic E-state index is -4.45. The van der Waals surface area contributed by atoms with Crippen LogP contribution in [0.1, 0.15) is 16.8 Å². The maximum Gasteiger partial charge on any atom is 0.416 e. The Balaban J connectivity index is 2.13. The van der Waals surface area contributed by atoms with Crippen molar-refractivity contribution >= 4 is 22.6 Å². The normalized spacial score (nSPS) is 12.6. The summed E-state index contributed by atoms with van der Waals surface area (Å²) in [5.74, 6) is -1.32. The minimum absolute atomic E-state index is 0.0536. The molecule has 0 bridgehead atoms. The summed E-state index contributed by atoms with van der Waals surface area (Å²) in [5, 5.41) is 8.84. The van der Waals surface area contributed by atoms with Gasteiger partial charge in [0.05, 0.1) is 11.3 Å². The Kier molecular flexibility index (Phi) is 5.86. The number of aryl methyl sites for hydroxylation is 1. The second-order valence-corrected chi connectivity index (χ2v) is 6.64. The van der Waals surface area contributed by atoms with E-state index >= 15 is 0 Å². The highest BCUT2D eigenvalue weighted by molar-refractivity contribution is 7.85. The summed E-state index contributed by atoms with van der Waals surface area (Å²) in [6, 6.07) is 7.07. The van der Waals surface area contributed by atoms with Crippen molar-refractivity contribution in [1.82, 2.24) is 4.57 Å². The standard InChI is InChI=1S/C16H15F3N2O4S/c1-10-2-7-13(15(24)21(10)8-14(22)23)20-26(25)9-11-3-5-12(6-4-11)16(17,18)19/h2-7,20H,8-9H2,1H3,(H,22,23). The number of carboxylic acid groups (broad SMARTS) is 1. The fraction of sp³-hybridized carbons (Fsp3) is 0.250. The van der Waals surface area contributed by atoms with Gasteiger partial charge in [0.1, 0.15) is 23.2 Å². The van der Waals surface area contributed by atoms with Crippen LogP contribution in [0, 0.1) is 6.92 Å². The number of halogens is 3. The molecule has 1 unspecified atom stereocenters. The van der Waals surface area contributed by atoms with E-state index in [4.69, 9.17) is 5.11 Å². The predicted octanol–water partition coefficient (Wildman–Crippen LogP) is 2.54. The Morgan fingerprint density at radius 1 is 1.19 bits per heavy atom. The molecule has 0 spiro atoms.